The smallest absolute Gasteiger partial charge is 0.0531 e. The largest absolute Gasteiger partial charge is 0.381 e. The summed E-state index contributed by atoms with van der Waals surface area (Å²) in [4.78, 5) is 4.27. The van der Waals surface area contributed by atoms with Gasteiger partial charge in [0, 0.05) is 18.4 Å². The van der Waals surface area contributed by atoms with Gasteiger partial charge < -0.3 is 5.32 Å². The van der Waals surface area contributed by atoms with Crippen molar-refractivity contribution in [3.8, 4) is 0 Å². The van der Waals surface area contributed by atoms with Gasteiger partial charge in [0.1, 0.15) is 0 Å². The SMILES string of the molecule is Cc1cncc(NC2CCC3CCCCC3C2)c1. The number of nitrogens with zero attached hydrogens (tertiary/aromatic N) is 1. The molecule has 0 amide bonds. The Balaban J connectivity index is 1.61. The summed E-state index contributed by atoms with van der Waals surface area (Å²) in [6, 6.07) is 2.88. The second kappa shape index (κ2) is 5.29. The lowest BCUT2D eigenvalue weighted by Crippen LogP contribution is -2.34. The summed E-state index contributed by atoms with van der Waals surface area (Å²) in [5, 5.41) is 3.69. The molecule has 2 aliphatic rings. The molecule has 98 valence electrons. The molecule has 3 unspecified atom stereocenters. The standard InChI is InChI=1S/C16H24N2/c1-12-8-16(11-17-10-12)18-15-7-6-13-4-2-3-5-14(13)9-15/h8,10-11,13-15,18H,2-7,9H2,1H3. The first-order valence-corrected chi connectivity index (χ1v) is 7.49. The maximum atomic E-state index is 4.27. The molecule has 1 heterocycles. The Hall–Kier alpha value is -1.05. The molecule has 2 saturated carbocycles. The van der Waals surface area contributed by atoms with Gasteiger partial charge in [0.15, 0.2) is 0 Å². The third kappa shape index (κ3) is 2.68. The Labute approximate surface area is 110 Å². The van der Waals surface area contributed by atoms with Crippen molar-refractivity contribution in [1.29, 1.82) is 0 Å². The van der Waals surface area contributed by atoms with Gasteiger partial charge in [-0.05, 0) is 49.7 Å². The maximum Gasteiger partial charge on any atom is 0.0531 e. The number of aryl methyl sites for hydroxylation is 1. The quantitative estimate of drug-likeness (QED) is 0.845. The molecular weight excluding hydrogens is 220 g/mol. The second-order valence-corrected chi connectivity index (χ2v) is 6.21. The second-order valence-electron chi connectivity index (χ2n) is 6.21. The van der Waals surface area contributed by atoms with Crippen LogP contribution in [0, 0.1) is 18.8 Å². The van der Waals surface area contributed by atoms with E-state index < -0.39 is 0 Å². The van der Waals surface area contributed by atoms with Crippen LogP contribution in [-0.2, 0) is 0 Å². The molecule has 1 N–H and O–H groups in total. The molecule has 3 rings (SSSR count). The molecule has 0 spiro atoms. The van der Waals surface area contributed by atoms with E-state index in [0.717, 1.165) is 11.8 Å². The fourth-order valence-electron chi connectivity index (χ4n) is 3.87. The molecule has 0 aliphatic heterocycles. The number of hydrogen-bond acceptors (Lipinski definition) is 2. The monoisotopic (exact) mass is 244 g/mol. The van der Waals surface area contributed by atoms with E-state index in [1.807, 2.05) is 12.4 Å². The van der Waals surface area contributed by atoms with Crippen LogP contribution in [0.15, 0.2) is 18.5 Å². The Bertz CT molecular complexity index is 402. The van der Waals surface area contributed by atoms with Gasteiger partial charge in [-0.25, -0.2) is 0 Å². The molecule has 2 nitrogen and oxygen atoms in total. The zero-order chi connectivity index (χ0) is 12.4. The number of nitrogens with one attached hydrogen (secondary N) is 1. The van der Waals surface area contributed by atoms with Crippen molar-refractivity contribution in [3.63, 3.8) is 0 Å². The molecule has 0 radical (unpaired) electrons. The highest BCUT2D eigenvalue weighted by molar-refractivity contribution is 5.43. The number of hydrogen-bond donors (Lipinski definition) is 1. The van der Waals surface area contributed by atoms with Crippen LogP contribution in [0.5, 0.6) is 0 Å². The van der Waals surface area contributed by atoms with Crippen LogP contribution in [0.2, 0.25) is 0 Å². The summed E-state index contributed by atoms with van der Waals surface area (Å²) in [6.45, 7) is 2.11. The van der Waals surface area contributed by atoms with Gasteiger partial charge in [-0.15, -0.1) is 0 Å². The molecule has 0 saturated heterocycles. The highest BCUT2D eigenvalue weighted by Crippen LogP contribution is 2.41. The first kappa shape index (κ1) is 12.0. The Morgan fingerprint density at radius 2 is 1.89 bits per heavy atom. The van der Waals surface area contributed by atoms with Crippen molar-refractivity contribution in [2.45, 2.75) is 57.9 Å². The van der Waals surface area contributed by atoms with Crippen molar-refractivity contribution in [2.24, 2.45) is 11.8 Å². The highest BCUT2D eigenvalue weighted by Gasteiger charge is 2.31. The fourth-order valence-corrected chi connectivity index (χ4v) is 3.87. The van der Waals surface area contributed by atoms with E-state index in [2.05, 4.69) is 23.3 Å². The number of aromatic nitrogens is 1. The highest BCUT2D eigenvalue weighted by atomic mass is 14.9. The topological polar surface area (TPSA) is 24.9 Å². The van der Waals surface area contributed by atoms with Gasteiger partial charge in [-0.2, -0.15) is 0 Å². The molecule has 0 bridgehead atoms. The van der Waals surface area contributed by atoms with Gasteiger partial charge in [0.25, 0.3) is 0 Å². The molecule has 2 aliphatic carbocycles. The molecule has 0 aromatic carbocycles. The van der Waals surface area contributed by atoms with Gasteiger partial charge in [0.05, 0.1) is 5.69 Å². The Kier molecular flexibility index (Phi) is 3.53. The van der Waals surface area contributed by atoms with Crippen molar-refractivity contribution in [1.82, 2.24) is 4.98 Å². The zero-order valence-corrected chi connectivity index (χ0v) is 11.4. The van der Waals surface area contributed by atoms with Crippen LogP contribution in [0.3, 0.4) is 0 Å². The Morgan fingerprint density at radius 1 is 1.06 bits per heavy atom. The predicted octanol–water partition coefficient (Wildman–Crippen LogP) is 4.16. The summed E-state index contributed by atoms with van der Waals surface area (Å²) in [5.41, 5.74) is 2.45. The van der Waals surface area contributed by atoms with Crippen molar-refractivity contribution in [2.75, 3.05) is 5.32 Å². The van der Waals surface area contributed by atoms with E-state index in [0.29, 0.717) is 6.04 Å². The summed E-state index contributed by atoms with van der Waals surface area (Å²) < 4.78 is 0. The van der Waals surface area contributed by atoms with Crippen LogP contribution in [-0.4, -0.2) is 11.0 Å². The summed E-state index contributed by atoms with van der Waals surface area (Å²) in [6.07, 6.45) is 13.9. The van der Waals surface area contributed by atoms with Crippen LogP contribution in [0.25, 0.3) is 0 Å². The number of rotatable bonds is 2. The number of anilines is 1. The predicted molar refractivity (Wildman–Crippen MR) is 75.7 cm³/mol. The van der Waals surface area contributed by atoms with E-state index >= 15 is 0 Å². The number of pyridine rings is 1. The lowest BCUT2D eigenvalue weighted by atomic mass is 9.69. The summed E-state index contributed by atoms with van der Waals surface area (Å²) in [5.74, 6) is 2.02. The summed E-state index contributed by atoms with van der Waals surface area (Å²) >= 11 is 0. The van der Waals surface area contributed by atoms with E-state index in [1.54, 1.807) is 0 Å². The molecule has 3 atom stereocenters. The fraction of sp³-hybridized carbons (Fsp3) is 0.688. The Morgan fingerprint density at radius 3 is 2.72 bits per heavy atom. The van der Waals surface area contributed by atoms with Crippen LogP contribution >= 0.6 is 0 Å². The molecule has 2 heteroatoms. The average molecular weight is 244 g/mol. The van der Waals surface area contributed by atoms with Gasteiger partial charge in [-0.3, -0.25) is 4.98 Å². The summed E-state index contributed by atoms with van der Waals surface area (Å²) in [7, 11) is 0. The lowest BCUT2D eigenvalue weighted by Gasteiger charge is -2.39. The van der Waals surface area contributed by atoms with Gasteiger partial charge in [-0.1, -0.05) is 25.7 Å². The lowest BCUT2D eigenvalue weighted by molar-refractivity contribution is 0.162. The van der Waals surface area contributed by atoms with E-state index in [1.165, 1.54) is 56.2 Å². The molecule has 1 aromatic heterocycles. The third-order valence-corrected chi connectivity index (χ3v) is 4.79. The first-order chi connectivity index (χ1) is 8.81. The minimum absolute atomic E-state index is 0.674. The first-order valence-electron chi connectivity index (χ1n) is 7.49. The van der Waals surface area contributed by atoms with Gasteiger partial charge >= 0.3 is 0 Å². The van der Waals surface area contributed by atoms with E-state index in [9.17, 15) is 0 Å². The molecule has 18 heavy (non-hydrogen) atoms. The molecule has 1 aromatic rings. The van der Waals surface area contributed by atoms with Gasteiger partial charge in [0.2, 0.25) is 0 Å². The van der Waals surface area contributed by atoms with Crippen LogP contribution in [0.1, 0.15) is 50.5 Å². The zero-order valence-electron chi connectivity index (χ0n) is 11.4. The van der Waals surface area contributed by atoms with Crippen LogP contribution in [0.4, 0.5) is 5.69 Å². The van der Waals surface area contributed by atoms with Crippen molar-refractivity contribution >= 4 is 5.69 Å². The minimum Gasteiger partial charge on any atom is -0.381 e. The minimum atomic E-state index is 0.674. The third-order valence-electron chi connectivity index (χ3n) is 4.79. The van der Waals surface area contributed by atoms with Crippen LogP contribution < -0.4 is 5.32 Å². The van der Waals surface area contributed by atoms with Crippen molar-refractivity contribution < 1.29 is 0 Å². The van der Waals surface area contributed by atoms with E-state index in [4.69, 9.17) is 0 Å². The maximum absolute atomic E-state index is 4.27. The average Bonchev–Trinajstić information content (AvgIpc) is 2.39. The van der Waals surface area contributed by atoms with Crippen molar-refractivity contribution in [3.05, 3.63) is 24.0 Å². The van der Waals surface area contributed by atoms with E-state index in [-0.39, 0.29) is 0 Å². The number of fused-ring (bicyclic) bond motifs is 1. The molecular formula is C16H24N2. The normalized spacial score (nSPS) is 31.7. The molecule has 2 fully saturated rings.